The lowest BCUT2D eigenvalue weighted by Gasteiger charge is -2.09. The topological polar surface area (TPSA) is 93.1 Å². The predicted octanol–water partition coefficient (Wildman–Crippen LogP) is 3.23. The maximum Gasteiger partial charge on any atom is 0.522 e. The Morgan fingerprint density at radius 2 is 1.35 bits per heavy atom. The fraction of sp³-hybridized carbons (Fsp3) is 1.00. The summed E-state index contributed by atoms with van der Waals surface area (Å²) < 4.78 is 67.6. The summed E-state index contributed by atoms with van der Waals surface area (Å²) in [6.07, 6.45) is 4.13. The number of unbranched alkanes of at least 4 members (excludes halogenated alkanes) is 2. The lowest BCUT2D eigenvalue weighted by Crippen LogP contribution is -2.21. The van der Waals surface area contributed by atoms with Gasteiger partial charge in [0.25, 0.3) is 0 Å². The first kappa shape index (κ1) is 22.3. The quantitative estimate of drug-likeness (QED) is 0.304. The molecule has 0 aromatic carbocycles. The Bertz CT molecular complexity index is 312. The summed E-state index contributed by atoms with van der Waals surface area (Å²) in [6, 6.07) is 0. The zero-order valence-electron chi connectivity index (χ0n) is 11.3. The summed E-state index contributed by atoms with van der Waals surface area (Å²) in [5, 5.41) is 0. The van der Waals surface area contributed by atoms with Crippen LogP contribution in [0.4, 0.5) is 13.2 Å². The van der Waals surface area contributed by atoms with Crippen molar-refractivity contribution in [2.45, 2.75) is 45.0 Å². The van der Waals surface area contributed by atoms with Gasteiger partial charge in [-0.3, -0.25) is 4.55 Å². The third-order valence-electron chi connectivity index (χ3n) is 1.69. The van der Waals surface area contributed by atoms with Gasteiger partial charge < -0.3 is 13.9 Å². The minimum atomic E-state index is -5.84. The molecule has 20 heavy (non-hydrogen) atoms. The molecule has 0 aliphatic heterocycles. The number of alkyl halides is 3. The van der Waals surface area contributed by atoms with Crippen molar-refractivity contribution in [3.8, 4) is 0 Å². The van der Waals surface area contributed by atoms with Crippen LogP contribution in [0.1, 0.15) is 39.5 Å². The summed E-state index contributed by atoms with van der Waals surface area (Å²) in [5.41, 5.74) is -5.53. The van der Waals surface area contributed by atoms with Crippen LogP contribution in [-0.2, 0) is 19.2 Å². The zero-order chi connectivity index (χ0) is 16.2. The molecule has 0 atom stereocenters. The van der Waals surface area contributed by atoms with E-state index >= 15 is 0 Å². The lowest BCUT2D eigenvalue weighted by molar-refractivity contribution is -0.0510. The molecule has 0 spiro atoms. The minimum Gasteiger partial charge on any atom is -0.328 e. The molecule has 0 fully saturated rings. The second-order valence-electron chi connectivity index (χ2n) is 3.53. The minimum absolute atomic E-state index is 0.602. The van der Waals surface area contributed by atoms with Crippen LogP contribution in [0.15, 0.2) is 0 Å². The summed E-state index contributed by atoms with van der Waals surface area (Å²) >= 11 is 0. The fourth-order valence-electron chi connectivity index (χ4n) is 0.611. The molecule has 0 saturated carbocycles. The van der Waals surface area contributed by atoms with Crippen molar-refractivity contribution < 1.29 is 40.1 Å². The normalized spacial score (nSPS) is 12.2. The van der Waals surface area contributed by atoms with Crippen molar-refractivity contribution in [2.75, 3.05) is 13.2 Å². The van der Waals surface area contributed by atoms with Crippen molar-refractivity contribution in [3.63, 3.8) is 0 Å². The Hall–Kier alpha value is 0.01000. The van der Waals surface area contributed by atoms with Crippen molar-refractivity contribution >= 4 is 18.7 Å². The van der Waals surface area contributed by atoms with Crippen LogP contribution in [0.2, 0.25) is 0 Å². The lowest BCUT2D eigenvalue weighted by atomic mass is 10.4. The molecule has 0 aromatic heterocycles. The van der Waals surface area contributed by atoms with Gasteiger partial charge in [-0.15, -0.1) is 0 Å². The molecular weight excluding hydrogens is 324 g/mol. The monoisotopic (exact) mass is 344 g/mol. The second kappa shape index (κ2) is 11.6. The Labute approximate surface area is 118 Å². The molecule has 0 aromatic rings. The summed E-state index contributed by atoms with van der Waals surface area (Å²) in [5.74, 6) is 0. The first-order valence-corrected chi connectivity index (χ1v) is 8.41. The highest BCUT2D eigenvalue weighted by Crippen LogP contribution is 2.32. The molecule has 0 aliphatic carbocycles. The number of rotatable bonds is 8. The Morgan fingerprint density at radius 1 is 1.05 bits per heavy atom. The van der Waals surface area contributed by atoms with E-state index in [2.05, 4.69) is 13.8 Å². The molecule has 0 amide bonds. The standard InChI is InChI=1S/C8H19O3P.CHF3O3S/c1-3-5-7-10-12(9)11-8-6-4-2;2-1(3,4)8(5,6)7/h9H,3-8H2,1-2H3;(H,5,6,7). The van der Waals surface area contributed by atoms with Gasteiger partial charge in [-0.2, -0.15) is 21.6 Å². The van der Waals surface area contributed by atoms with Crippen LogP contribution in [-0.4, -0.2) is 36.6 Å². The van der Waals surface area contributed by atoms with Crippen molar-refractivity contribution in [3.05, 3.63) is 0 Å². The van der Waals surface area contributed by atoms with Crippen LogP contribution in [0.25, 0.3) is 0 Å². The van der Waals surface area contributed by atoms with Gasteiger partial charge in [0.05, 0.1) is 13.2 Å². The molecule has 0 bridgehead atoms. The average molecular weight is 344 g/mol. The molecule has 0 unspecified atom stereocenters. The smallest absolute Gasteiger partial charge is 0.328 e. The molecule has 6 nitrogen and oxygen atoms in total. The maximum absolute atomic E-state index is 10.7. The van der Waals surface area contributed by atoms with Crippen molar-refractivity contribution in [2.24, 2.45) is 0 Å². The fourth-order valence-corrected chi connectivity index (χ4v) is 1.26. The van der Waals surface area contributed by atoms with Crippen molar-refractivity contribution in [1.82, 2.24) is 0 Å². The largest absolute Gasteiger partial charge is 0.522 e. The predicted molar refractivity (Wildman–Crippen MR) is 68.5 cm³/mol. The van der Waals surface area contributed by atoms with E-state index in [1.807, 2.05) is 0 Å². The van der Waals surface area contributed by atoms with Crippen LogP contribution in [0.5, 0.6) is 0 Å². The summed E-state index contributed by atoms with van der Waals surface area (Å²) in [6.45, 7) is 5.37. The van der Waals surface area contributed by atoms with Gasteiger partial charge >= 0.3 is 24.2 Å². The van der Waals surface area contributed by atoms with Gasteiger partial charge in [0, 0.05) is 0 Å². The molecule has 11 heteroatoms. The molecule has 2 N–H and O–H groups in total. The summed E-state index contributed by atoms with van der Waals surface area (Å²) in [4.78, 5) is 9.12. The highest BCUT2D eigenvalue weighted by molar-refractivity contribution is 7.86. The Balaban J connectivity index is 0. The van der Waals surface area contributed by atoms with Crippen molar-refractivity contribution in [1.29, 1.82) is 0 Å². The van der Waals surface area contributed by atoms with Gasteiger partial charge in [0.1, 0.15) is 0 Å². The van der Waals surface area contributed by atoms with Gasteiger partial charge in [-0.1, -0.05) is 26.7 Å². The van der Waals surface area contributed by atoms with E-state index in [-0.39, 0.29) is 0 Å². The van der Waals surface area contributed by atoms with Crippen LogP contribution < -0.4 is 0 Å². The van der Waals surface area contributed by atoms with E-state index in [9.17, 15) is 13.2 Å². The van der Waals surface area contributed by atoms with E-state index in [1.165, 1.54) is 0 Å². The SMILES string of the molecule is CCCCOP(O)OCCCC.O=S(=O)(O)C(F)(F)F. The maximum atomic E-state index is 10.7. The Morgan fingerprint density at radius 3 is 1.55 bits per heavy atom. The average Bonchev–Trinajstić information content (AvgIpc) is 2.28. The molecule has 0 radical (unpaired) electrons. The molecule has 0 rings (SSSR count). The molecule has 0 heterocycles. The third-order valence-corrected chi connectivity index (χ3v) is 3.08. The van der Waals surface area contributed by atoms with Gasteiger partial charge in [0.15, 0.2) is 0 Å². The van der Waals surface area contributed by atoms with Gasteiger partial charge in [-0.25, -0.2) is 0 Å². The van der Waals surface area contributed by atoms with Crippen LogP contribution >= 0.6 is 8.60 Å². The molecule has 0 aliphatic rings. The molecule has 124 valence electrons. The van der Waals surface area contributed by atoms with Gasteiger partial charge in [-0.05, 0) is 12.8 Å². The van der Waals surface area contributed by atoms with E-state index in [0.717, 1.165) is 25.7 Å². The van der Waals surface area contributed by atoms with E-state index in [4.69, 9.17) is 26.9 Å². The van der Waals surface area contributed by atoms with Gasteiger partial charge in [0.2, 0.25) is 0 Å². The van der Waals surface area contributed by atoms with E-state index in [1.54, 1.807) is 0 Å². The van der Waals surface area contributed by atoms with Crippen LogP contribution in [0.3, 0.4) is 0 Å². The molecular formula is C9H20F3O6PS. The highest BCUT2D eigenvalue weighted by atomic mass is 32.2. The Kier molecular flexibility index (Phi) is 13.0. The summed E-state index contributed by atoms with van der Waals surface area (Å²) in [7, 11) is -7.44. The first-order chi connectivity index (χ1) is 9.06. The first-order valence-electron chi connectivity index (χ1n) is 5.84. The number of halogens is 3. The highest BCUT2D eigenvalue weighted by Gasteiger charge is 2.44. The molecule has 0 saturated heterocycles. The van der Waals surface area contributed by atoms with E-state index < -0.39 is 24.2 Å². The zero-order valence-corrected chi connectivity index (χ0v) is 13.0. The van der Waals surface area contributed by atoms with Crippen LogP contribution in [0, 0.1) is 0 Å². The second-order valence-corrected chi connectivity index (χ2v) is 5.94. The van der Waals surface area contributed by atoms with E-state index in [0.29, 0.717) is 13.2 Å². The number of hydrogen-bond acceptors (Lipinski definition) is 5. The third kappa shape index (κ3) is 14.4. The number of hydrogen-bond donors (Lipinski definition) is 2.